The summed E-state index contributed by atoms with van der Waals surface area (Å²) in [6.45, 7) is 8.64. The average Bonchev–Trinajstić information content (AvgIpc) is 3.37. The monoisotopic (exact) mass is 452 g/mol. The van der Waals surface area contributed by atoms with Crippen molar-refractivity contribution >= 4 is 27.5 Å². The number of aromatic nitrogens is 2. The lowest BCUT2D eigenvalue weighted by Gasteiger charge is -2.31. The molecule has 0 saturated carbocycles. The largest absolute Gasteiger partial charge is 0.376 e. The normalized spacial score (nSPS) is 18.8. The number of nitrogens with one attached hydrogen (secondary N) is 1. The zero-order chi connectivity index (χ0) is 22.2. The van der Waals surface area contributed by atoms with Crippen molar-refractivity contribution in [3.8, 4) is 0 Å². The maximum Gasteiger partial charge on any atom is 0.262 e. The van der Waals surface area contributed by atoms with Crippen molar-refractivity contribution in [1.29, 1.82) is 0 Å². The predicted octanol–water partition coefficient (Wildman–Crippen LogP) is 2.86. The Hall–Kier alpha value is -2.55. The van der Waals surface area contributed by atoms with Gasteiger partial charge in [0.15, 0.2) is 0 Å². The van der Waals surface area contributed by atoms with E-state index in [4.69, 9.17) is 4.74 Å². The quantitative estimate of drug-likeness (QED) is 0.644. The number of morpholine rings is 1. The van der Waals surface area contributed by atoms with Crippen LogP contribution < -0.4 is 10.9 Å². The molecule has 2 aliphatic rings. The summed E-state index contributed by atoms with van der Waals surface area (Å²) in [6.07, 6.45) is 2.04. The zero-order valence-corrected chi connectivity index (χ0v) is 19.3. The van der Waals surface area contributed by atoms with Gasteiger partial charge in [0.25, 0.3) is 11.5 Å². The van der Waals surface area contributed by atoms with Gasteiger partial charge in [0.1, 0.15) is 10.7 Å². The van der Waals surface area contributed by atoms with Gasteiger partial charge in [-0.05, 0) is 37.0 Å². The molecule has 1 unspecified atom stereocenters. The fraction of sp³-hybridized carbons (Fsp3) is 0.458. The van der Waals surface area contributed by atoms with Crippen LogP contribution in [0.1, 0.15) is 45.5 Å². The van der Waals surface area contributed by atoms with E-state index >= 15 is 0 Å². The molecule has 3 aromatic rings. The molecule has 7 nitrogen and oxygen atoms in total. The van der Waals surface area contributed by atoms with Crippen LogP contribution in [0.2, 0.25) is 0 Å². The molecule has 2 aliphatic heterocycles. The molecule has 0 radical (unpaired) electrons. The highest BCUT2D eigenvalue weighted by Gasteiger charge is 2.23. The predicted molar refractivity (Wildman–Crippen MR) is 125 cm³/mol. The highest BCUT2D eigenvalue weighted by molar-refractivity contribution is 7.20. The molecule has 1 atom stereocenters. The van der Waals surface area contributed by atoms with Crippen molar-refractivity contribution in [2.75, 3.05) is 19.7 Å². The van der Waals surface area contributed by atoms with Gasteiger partial charge in [0.2, 0.25) is 0 Å². The van der Waals surface area contributed by atoms with Gasteiger partial charge in [0.05, 0.1) is 23.0 Å². The molecule has 0 spiro atoms. The number of hydrogen-bond donors (Lipinski definition) is 1. The van der Waals surface area contributed by atoms with E-state index in [0.29, 0.717) is 28.2 Å². The first-order valence-corrected chi connectivity index (χ1v) is 12.0. The molecule has 2 aromatic heterocycles. The van der Waals surface area contributed by atoms with E-state index in [1.807, 2.05) is 19.1 Å². The molecule has 0 bridgehead atoms. The second-order valence-electron chi connectivity index (χ2n) is 8.74. The van der Waals surface area contributed by atoms with Gasteiger partial charge in [-0.1, -0.05) is 24.3 Å². The average molecular weight is 453 g/mol. The molecule has 5 rings (SSSR count). The first-order chi connectivity index (χ1) is 15.5. The van der Waals surface area contributed by atoms with Crippen LogP contribution in [0.3, 0.4) is 0 Å². The number of hydrogen-bond acceptors (Lipinski definition) is 6. The molecule has 4 heterocycles. The Bertz CT molecular complexity index is 1230. The molecule has 1 N–H and O–H groups in total. The lowest BCUT2D eigenvalue weighted by Crippen LogP contribution is -2.40. The summed E-state index contributed by atoms with van der Waals surface area (Å²) in [4.78, 5) is 34.1. The number of carbonyl (C=O) groups excluding carboxylic acids is 1. The molecule has 0 aliphatic carbocycles. The van der Waals surface area contributed by atoms with Crippen molar-refractivity contribution in [3.63, 3.8) is 0 Å². The Labute approximate surface area is 191 Å². The molecular formula is C24H28N4O3S. The second-order valence-corrected chi connectivity index (χ2v) is 9.74. The SMILES string of the molecule is Cc1c(C(=O)NCc2cccc(CN3CCOC(C)C3)c2)sc2nc3n(c(=O)c12)CCC3. The fourth-order valence-corrected chi connectivity index (χ4v) is 5.79. The van der Waals surface area contributed by atoms with Crippen molar-refractivity contribution in [2.24, 2.45) is 0 Å². The number of benzene rings is 1. The van der Waals surface area contributed by atoms with E-state index < -0.39 is 0 Å². The van der Waals surface area contributed by atoms with Crippen LogP contribution in [0.4, 0.5) is 0 Å². The van der Waals surface area contributed by atoms with Crippen LogP contribution in [-0.2, 0) is 30.8 Å². The third-order valence-electron chi connectivity index (χ3n) is 6.29. The first kappa shape index (κ1) is 21.3. The van der Waals surface area contributed by atoms with Gasteiger partial charge >= 0.3 is 0 Å². The van der Waals surface area contributed by atoms with Crippen LogP contribution in [0.5, 0.6) is 0 Å². The molecule has 1 saturated heterocycles. The highest BCUT2D eigenvalue weighted by atomic mass is 32.1. The van der Waals surface area contributed by atoms with E-state index in [9.17, 15) is 9.59 Å². The van der Waals surface area contributed by atoms with Crippen molar-refractivity contribution in [3.05, 3.63) is 62.0 Å². The van der Waals surface area contributed by atoms with E-state index in [0.717, 1.165) is 56.0 Å². The minimum atomic E-state index is -0.150. The molecule has 32 heavy (non-hydrogen) atoms. The van der Waals surface area contributed by atoms with Crippen LogP contribution in [-0.4, -0.2) is 46.2 Å². The Morgan fingerprint density at radius 2 is 2.16 bits per heavy atom. The number of thiophene rings is 1. The first-order valence-electron chi connectivity index (χ1n) is 11.2. The van der Waals surface area contributed by atoms with E-state index in [1.165, 1.54) is 16.9 Å². The maximum absolute atomic E-state index is 13.0. The summed E-state index contributed by atoms with van der Waals surface area (Å²) in [7, 11) is 0. The molecule has 1 fully saturated rings. The Morgan fingerprint density at radius 1 is 1.31 bits per heavy atom. The summed E-state index contributed by atoms with van der Waals surface area (Å²) in [5.74, 6) is 0.685. The number of nitrogens with zero attached hydrogens (tertiary/aromatic N) is 3. The Kier molecular flexibility index (Phi) is 5.84. The number of amides is 1. The smallest absolute Gasteiger partial charge is 0.262 e. The van der Waals surface area contributed by atoms with E-state index in [1.54, 1.807) is 4.57 Å². The molecule has 1 aromatic carbocycles. The molecular weight excluding hydrogens is 424 g/mol. The van der Waals surface area contributed by atoms with E-state index in [2.05, 4.69) is 34.3 Å². The minimum Gasteiger partial charge on any atom is -0.376 e. The Balaban J connectivity index is 1.29. The van der Waals surface area contributed by atoms with Gasteiger partial charge in [-0.2, -0.15) is 0 Å². The van der Waals surface area contributed by atoms with Gasteiger partial charge < -0.3 is 10.1 Å². The summed E-state index contributed by atoms with van der Waals surface area (Å²) in [6, 6.07) is 8.34. The van der Waals surface area contributed by atoms with Crippen LogP contribution >= 0.6 is 11.3 Å². The van der Waals surface area contributed by atoms with Crippen molar-refractivity contribution in [2.45, 2.75) is 52.4 Å². The molecule has 168 valence electrons. The van der Waals surface area contributed by atoms with Crippen LogP contribution in [0.25, 0.3) is 10.2 Å². The lowest BCUT2D eigenvalue weighted by molar-refractivity contribution is -0.0212. The summed E-state index contributed by atoms with van der Waals surface area (Å²) < 4.78 is 7.38. The van der Waals surface area contributed by atoms with E-state index in [-0.39, 0.29) is 17.6 Å². The molecule has 8 heteroatoms. The van der Waals surface area contributed by atoms with Crippen molar-refractivity contribution < 1.29 is 9.53 Å². The molecule has 1 amide bonds. The fourth-order valence-electron chi connectivity index (χ4n) is 4.68. The zero-order valence-electron chi connectivity index (χ0n) is 18.5. The highest BCUT2D eigenvalue weighted by Crippen LogP contribution is 2.28. The van der Waals surface area contributed by atoms with Crippen LogP contribution in [0.15, 0.2) is 29.1 Å². The van der Waals surface area contributed by atoms with Crippen LogP contribution in [0, 0.1) is 6.92 Å². The number of carbonyl (C=O) groups is 1. The van der Waals surface area contributed by atoms with Gasteiger partial charge in [-0.15, -0.1) is 11.3 Å². The van der Waals surface area contributed by atoms with Gasteiger partial charge in [-0.25, -0.2) is 4.98 Å². The Morgan fingerprint density at radius 3 is 3.00 bits per heavy atom. The lowest BCUT2D eigenvalue weighted by atomic mass is 10.1. The second kappa shape index (κ2) is 8.77. The number of rotatable bonds is 5. The van der Waals surface area contributed by atoms with Gasteiger partial charge in [0, 0.05) is 39.1 Å². The van der Waals surface area contributed by atoms with Gasteiger partial charge in [-0.3, -0.25) is 19.1 Å². The van der Waals surface area contributed by atoms with Crippen molar-refractivity contribution in [1.82, 2.24) is 19.8 Å². The summed E-state index contributed by atoms with van der Waals surface area (Å²) in [5.41, 5.74) is 3.02. The third kappa shape index (κ3) is 4.10. The topological polar surface area (TPSA) is 76.5 Å². The number of fused-ring (bicyclic) bond motifs is 2. The number of ether oxygens (including phenoxy) is 1. The number of aryl methyl sites for hydroxylation is 2. The maximum atomic E-state index is 13.0. The third-order valence-corrected chi connectivity index (χ3v) is 7.48. The summed E-state index contributed by atoms with van der Waals surface area (Å²) in [5, 5.41) is 3.62. The summed E-state index contributed by atoms with van der Waals surface area (Å²) >= 11 is 1.32. The standard InChI is InChI=1S/C24H28N4O3S/c1-15-13-27(9-10-31-15)14-18-6-3-5-17(11-18)12-25-22(29)21-16(2)20-23(32-21)26-19-7-4-8-28(19)24(20)30/h3,5-6,11,15H,4,7-10,12-14H2,1-2H3,(H,25,29). The minimum absolute atomic E-state index is 0.0135.